The third kappa shape index (κ3) is 2.81. The van der Waals surface area contributed by atoms with Crippen molar-refractivity contribution in [2.75, 3.05) is 0 Å². The number of rotatable bonds is 4. The number of hydrogen-bond acceptors (Lipinski definition) is 5. The van der Waals surface area contributed by atoms with Crippen LogP contribution >= 0.6 is 22.9 Å². The third-order valence-electron chi connectivity index (χ3n) is 2.72. The smallest absolute Gasteiger partial charge is 0.310 e. The van der Waals surface area contributed by atoms with Gasteiger partial charge in [0.2, 0.25) is 0 Å². The van der Waals surface area contributed by atoms with Crippen LogP contribution in [0.2, 0.25) is 5.15 Å². The van der Waals surface area contributed by atoms with Crippen LogP contribution in [0.25, 0.3) is 5.52 Å². The molecule has 0 bridgehead atoms. The Hall–Kier alpha value is -1.92. The number of hydrogen-bond donors (Lipinski definition) is 0. The topological polar surface area (TPSA) is 56.5 Å². The van der Waals surface area contributed by atoms with E-state index in [1.165, 1.54) is 11.3 Å². The summed E-state index contributed by atoms with van der Waals surface area (Å²) in [5, 5.41) is 6.98. The van der Waals surface area contributed by atoms with Crippen LogP contribution in [-0.4, -0.2) is 20.6 Å². The molecular weight excluding hydrogens is 298 g/mol. The van der Waals surface area contributed by atoms with E-state index in [0.29, 0.717) is 10.2 Å². The molecule has 0 aliphatic heterocycles. The Labute approximate surface area is 123 Å². The molecule has 0 radical (unpaired) electrons. The number of carbonyl (C=O) groups is 1. The van der Waals surface area contributed by atoms with Crippen molar-refractivity contribution in [3.63, 3.8) is 0 Å². The van der Waals surface area contributed by atoms with Gasteiger partial charge in [-0.15, -0.1) is 11.3 Å². The summed E-state index contributed by atoms with van der Waals surface area (Å²) in [6, 6.07) is 5.70. The van der Waals surface area contributed by atoms with E-state index in [4.69, 9.17) is 16.3 Å². The first-order valence-corrected chi connectivity index (χ1v) is 7.15. The lowest BCUT2D eigenvalue weighted by molar-refractivity contribution is -0.144. The predicted molar refractivity (Wildman–Crippen MR) is 75.8 cm³/mol. The Morgan fingerprint density at radius 2 is 2.35 bits per heavy atom. The van der Waals surface area contributed by atoms with Crippen molar-refractivity contribution in [1.82, 2.24) is 14.6 Å². The minimum absolute atomic E-state index is 0.148. The lowest BCUT2D eigenvalue weighted by Gasteiger charge is -2.01. The van der Waals surface area contributed by atoms with Gasteiger partial charge in [0, 0.05) is 17.1 Å². The van der Waals surface area contributed by atoms with Gasteiger partial charge in [-0.3, -0.25) is 4.79 Å². The lowest BCUT2D eigenvalue weighted by atomic mass is 10.2. The fraction of sp³-hybridized carbons (Fsp3) is 0.154. The van der Waals surface area contributed by atoms with Crippen molar-refractivity contribution in [2.24, 2.45) is 0 Å². The van der Waals surface area contributed by atoms with E-state index in [9.17, 15) is 4.79 Å². The van der Waals surface area contributed by atoms with Crippen molar-refractivity contribution in [2.45, 2.75) is 13.0 Å². The molecule has 0 saturated heterocycles. The fourth-order valence-corrected chi connectivity index (χ4v) is 2.68. The maximum atomic E-state index is 11.8. The summed E-state index contributed by atoms with van der Waals surface area (Å²) in [5.74, 6) is -0.310. The molecule has 5 nitrogen and oxygen atoms in total. The van der Waals surface area contributed by atoms with Gasteiger partial charge < -0.3 is 4.74 Å². The van der Waals surface area contributed by atoms with Crippen molar-refractivity contribution < 1.29 is 9.53 Å². The molecule has 0 N–H and O–H groups in total. The maximum Gasteiger partial charge on any atom is 0.310 e. The fourth-order valence-electron chi connectivity index (χ4n) is 1.83. The summed E-state index contributed by atoms with van der Waals surface area (Å²) in [5.41, 5.74) is 1.74. The van der Waals surface area contributed by atoms with Crippen LogP contribution in [-0.2, 0) is 22.6 Å². The Morgan fingerprint density at radius 1 is 1.45 bits per heavy atom. The monoisotopic (exact) mass is 307 g/mol. The average molecular weight is 308 g/mol. The molecule has 0 aliphatic carbocycles. The summed E-state index contributed by atoms with van der Waals surface area (Å²) in [6.07, 6.45) is 3.70. The standard InChI is InChI=1S/C13H10ClN3O2S/c14-11-8-20-12(16-11)7-19-13(18)5-9-6-15-17-4-2-1-3-10(9)17/h1-4,6,8H,5,7H2. The number of pyridine rings is 1. The van der Waals surface area contributed by atoms with E-state index in [1.807, 2.05) is 24.4 Å². The molecule has 0 saturated carbocycles. The number of ether oxygens (including phenoxy) is 1. The molecule has 3 heterocycles. The second kappa shape index (κ2) is 5.60. The summed E-state index contributed by atoms with van der Waals surface area (Å²) in [4.78, 5) is 15.8. The van der Waals surface area contributed by atoms with Gasteiger partial charge in [-0.2, -0.15) is 5.10 Å². The van der Waals surface area contributed by atoms with Crippen LogP contribution in [0.5, 0.6) is 0 Å². The zero-order valence-electron chi connectivity index (χ0n) is 10.3. The molecular formula is C13H10ClN3O2S. The number of aromatic nitrogens is 3. The van der Waals surface area contributed by atoms with Crippen molar-refractivity contribution in [1.29, 1.82) is 0 Å². The minimum Gasteiger partial charge on any atom is -0.458 e. The molecule has 0 fully saturated rings. The first-order valence-electron chi connectivity index (χ1n) is 5.89. The number of nitrogens with zero attached hydrogens (tertiary/aromatic N) is 3. The molecule has 0 spiro atoms. The van der Waals surface area contributed by atoms with E-state index in [-0.39, 0.29) is 19.0 Å². The number of esters is 1. The quantitative estimate of drug-likeness (QED) is 0.695. The van der Waals surface area contributed by atoms with Gasteiger partial charge in [0.1, 0.15) is 16.8 Å². The molecule has 0 aliphatic rings. The number of thiazole rings is 1. The van der Waals surface area contributed by atoms with Gasteiger partial charge in [0.05, 0.1) is 18.1 Å². The van der Waals surface area contributed by atoms with Crippen molar-refractivity contribution >= 4 is 34.4 Å². The molecule has 102 valence electrons. The van der Waals surface area contributed by atoms with E-state index < -0.39 is 0 Å². The largest absolute Gasteiger partial charge is 0.458 e. The van der Waals surface area contributed by atoms with E-state index in [2.05, 4.69) is 10.1 Å². The molecule has 3 rings (SSSR count). The zero-order valence-corrected chi connectivity index (χ0v) is 11.9. The highest BCUT2D eigenvalue weighted by Gasteiger charge is 2.11. The lowest BCUT2D eigenvalue weighted by Crippen LogP contribution is -2.07. The van der Waals surface area contributed by atoms with Crippen LogP contribution in [0.3, 0.4) is 0 Å². The van der Waals surface area contributed by atoms with E-state index >= 15 is 0 Å². The summed E-state index contributed by atoms with van der Waals surface area (Å²) < 4.78 is 6.90. The summed E-state index contributed by atoms with van der Waals surface area (Å²) in [7, 11) is 0. The molecule has 3 aromatic heterocycles. The molecule has 0 amide bonds. The van der Waals surface area contributed by atoms with Crippen LogP contribution < -0.4 is 0 Å². The first kappa shape index (κ1) is 13.1. The van der Waals surface area contributed by atoms with Gasteiger partial charge in [-0.25, -0.2) is 9.50 Å². The minimum atomic E-state index is -0.310. The molecule has 20 heavy (non-hydrogen) atoms. The Morgan fingerprint density at radius 3 is 3.15 bits per heavy atom. The van der Waals surface area contributed by atoms with Crippen LogP contribution in [0.4, 0.5) is 0 Å². The van der Waals surface area contributed by atoms with Crippen LogP contribution in [0.15, 0.2) is 36.0 Å². The van der Waals surface area contributed by atoms with Crippen molar-refractivity contribution in [3.05, 3.63) is 51.7 Å². The molecule has 0 aromatic carbocycles. The highest BCUT2D eigenvalue weighted by atomic mass is 35.5. The Kier molecular flexibility index (Phi) is 3.66. The van der Waals surface area contributed by atoms with E-state index in [0.717, 1.165) is 11.1 Å². The Bertz CT molecular complexity index is 753. The second-order valence-electron chi connectivity index (χ2n) is 4.10. The second-order valence-corrected chi connectivity index (χ2v) is 5.43. The molecule has 7 heteroatoms. The number of carbonyl (C=O) groups excluding carboxylic acids is 1. The number of fused-ring (bicyclic) bond motifs is 1. The SMILES string of the molecule is O=C(Cc1cnn2ccccc12)OCc1nc(Cl)cs1. The highest BCUT2D eigenvalue weighted by Crippen LogP contribution is 2.16. The maximum absolute atomic E-state index is 11.8. The van der Waals surface area contributed by atoms with Crippen LogP contribution in [0.1, 0.15) is 10.6 Å². The van der Waals surface area contributed by atoms with Gasteiger partial charge in [-0.05, 0) is 12.1 Å². The van der Waals surface area contributed by atoms with E-state index in [1.54, 1.807) is 16.1 Å². The summed E-state index contributed by atoms with van der Waals surface area (Å²) >= 11 is 7.07. The van der Waals surface area contributed by atoms with Gasteiger partial charge in [0.25, 0.3) is 0 Å². The molecule has 3 aromatic rings. The zero-order chi connectivity index (χ0) is 13.9. The normalized spacial score (nSPS) is 10.8. The average Bonchev–Trinajstić information content (AvgIpc) is 3.04. The van der Waals surface area contributed by atoms with Gasteiger partial charge in [-0.1, -0.05) is 17.7 Å². The van der Waals surface area contributed by atoms with Gasteiger partial charge >= 0.3 is 5.97 Å². The van der Waals surface area contributed by atoms with Gasteiger partial charge in [0.15, 0.2) is 0 Å². The number of halogens is 1. The third-order valence-corrected chi connectivity index (χ3v) is 3.87. The summed E-state index contributed by atoms with van der Waals surface area (Å²) in [6.45, 7) is 0.148. The highest BCUT2D eigenvalue weighted by molar-refractivity contribution is 7.10. The Balaban J connectivity index is 1.64. The molecule has 0 atom stereocenters. The predicted octanol–water partition coefficient (Wildman–Crippen LogP) is 2.73. The molecule has 0 unspecified atom stereocenters. The van der Waals surface area contributed by atoms with Crippen molar-refractivity contribution in [3.8, 4) is 0 Å². The van der Waals surface area contributed by atoms with Crippen LogP contribution in [0, 0.1) is 0 Å². The first-order chi connectivity index (χ1) is 9.72.